The summed E-state index contributed by atoms with van der Waals surface area (Å²) in [7, 11) is 1.41. The summed E-state index contributed by atoms with van der Waals surface area (Å²) < 4.78 is 16.2. The Kier molecular flexibility index (Phi) is 7.52. The minimum atomic E-state index is -0.546. The molecule has 1 aliphatic rings. The minimum Gasteiger partial charge on any atom is -0.474 e. The number of hydrogen-bond donors (Lipinski definition) is 2. The van der Waals surface area contributed by atoms with Gasteiger partial charge in [-0.3, -0.25) is 9.59 Å². The van der Waals surface area contributed by atoms with Gasteiger partial charge in [0.05, 0.1) is 24.9 Å². The minimum absolute atomic E-state index is 0.00664. The van der Waals surface area contributed by atoms with E-state index in [0.717, 1.165) is 31.4 Å². The number of nitrogens with zero attached hydrogens (tertiary/aromatic N) is 3. The molecule has 4 rings (SSSR count). The van der Waals surface area contributed by atoms with Crippen molar-refractivity contribution in [1.29, 1.82) is 0 Å². The van der Waals surface area contributed by atoms with E-state index in [1.54, 1.807) is 12.1 Å². The molecule has 1 aliphatic carbocycles. The quantitative estimate of drug-likeness (QED) is 0.443. The summed E-state index contributed by atoms with van der Waals surface area (Å²) in [5.41, 5.74) is 2.50. The molecule has 0 aliphatic heterocycles. The summed E-state index contributed by atoms with van der Waals surface area (Å²) in [6, 6.07) is 11.4. The van der Waals surface area contributed by atoms with Crippen LogP contribution in [0.5, 0.6) is 5.88 Å². The Morgan fingerprint density at radius 1 is 0.972 bits per heavy atom. The Hall–Kier alpha value is -3.95. The molecule has 1 fully saturated rings. The fraction of sp³-hybridized carbons (Fsp3) is 0.423. The van der Waals surface area contributed by atoms with Crippen LogP contribution in [0.3, 0.4) is 0 Å². The first-order valence-corrected chi connectivity index (χ1v) is 11.9. The molecule has 1 amide bonds. The van der Waals surface area contributed by atoms with E-state index in [-0.39, 0.29) is 35.3 Å². The van der Waals surface area contributed by atoms with Crippen LogP contribution in [0.4, 0.5) is 17.4 Å². The lowest BCUT2D eigenvalue weighted by atomic mass is 9.87. The number of pyridine rings is 1. The van der Waals surface area contributed by atoms with Gasteiger partial charge in [-0.15, -0.1) is 5.10 Å². The van der Waals surface area contributed by atoms with Gasteiger partial charge in [0.2, 0.25) is 5.88 Å². The smallest absolute Gasteiger partial charge is 0.320 e. The number of benzene rings is 1. The van der Waals surface area contributed by atoms with E-state index in [1.165, 1.54) is 18.9 Å². The largest absolute Gasteiger partial charge is 0.474 e. The summed E-state index contributed by atoms with van der Waals surface area (Å²) in [6.45, 7) is 6.44. The van der Waals surface area contributed by atoms with Crippen LogP contribution in [0.25, 0.3) is 0 Å². The van der Waals surface area contributed by atoms with Crippen LogP contribution in [0.1, 0.15) is 62.7 Å². The van der Waals surface area contributed by atoms with Gasteiger partial charge in [0.1, 0.15) is 6.10 Å². The van der Waals surface area contributed by atoms with Crippen molar-refractivity contribution in [1.82, 2.24) is 15.2 Å². The summed E-state index contributed by atoms with van der Waals surface area (Å²) in [4.78, 5) is 28.4. The van der Waals surface area contributed by atoms with E-state index in [2.05, 4.69) is 46.6 Å². The Balaban J connectivity index is 1.27. The summed E-state index contributed by atoms with van der Waals surface area (Å²) in [5, 5.41) is 13.4. The number of rotatable bonds is 7. The lowest BCUT2D eigenvalue weighted by Gasteiger charge is -2.27. The van der Waals surface area contributed by atoms with Gasteiger partial charge in [-0.05, 0) is 54.9 Å². The lowest BCUT2D eigenvalue weighted by Crippen LogP contribution is -2.28. The van der Waals surface area contributed by atoms with Crippen LogP contribution in [0.2, 0.25) is 0 Å². The van der Waals surface area contributed by atoms with Crippen molar-refractivity contribution in [2.24, 2.45) is 5.92 Å². The first-order valence-electron chi connectivity index (χ1n) is 11.9. The lowest BCUT2D eigenvalue weighted by molar-refractivity contribution is -0.147. The molecule has 0 atom stereocenters. The molecule has 3 aromatic rings. The maximum atomic E-state index is 12.5. The summed E-state index contributed by atoms with van der Waals surface area (Å²) in [6.07, 6.45) is 4.47. The fourth-order valence-electron chi connectivity index (χ4n) is 4.00. The monoisotopic (exact) mass is 493 g/mol. The second-order valence-corrected chi connectivity index (χ2v) is 9.82. The molecule has 10 heteroatoms. The average molecular weight is 494 g/mol. The molecule has 0 unspecified atom stereocenters. The van der Waals surface area contributed by atoms with Crippen molar-refractivity contribution < 1.29 is 23.5 Å². The molecule has 36 heavy (non-hydrogen) atoms. The van der Waals surface area contributed by atoms with Crippen molar-refractivity contribution >= 4 is 29.3 Å². The van der Waals surface area contributed by atoms with Crippen LogP contribution in [0, 0.1) is 5.92 Å². The highest BCUT2D eigenvalue weighted by Crippen LogP contribution is 2.28. The molecule has 0 radical (unpaired) electrons. The molecule has 1 saturated carbocycles. The number of methoxy groups -OCH3 is 1. The second kappa shape index (κ2) is 10.8. The average Bonchev–Trinajstić information content (AvgIpc) is 3.34. The molecular weight excluding hydrogens is 462 g/mol. The van der Waals surface area contributed by atoms with Crippen LogP contribution in [0.15, 0.2) is 47.0 Å². The molecule has 2 aromatic heterocycles. The number of hydrogen-bond acceptors (Lipinski definition) is 9. The maximum Gasteiger partial charge on any atom is 0.320 e. The van der Waals surface area contributed by atoms with E-state index in [0.29, 0.717) is 11.6 Å². The number of ether oxygens (including phenoxy) is 2. The van der Waals surface area contributed by atoms with Gasteiger partial charge in [0, 0.05) is 11.8 Å². The van der Waals surface area contributed by atoms with Gasteiger partial charge in [0.25, 0.3) is 0 Å². The highest BCUT2D eigenvalue weighted by molar-refractivity contribution is 6.00. The first-order chi connectivity index (χ1) is 17.2. The van der Waals surface area contributed by atoms with Crippen molar-refractivity contribution in [3.63, 3.8) is 0 Å². The van der Waals surface area contributed by atoms with Crippen LogP contribution in [-0.2, 0) is 14.9 Å². The third-order valence-corrected chi connectivity index (χ3v) is 6.11. The fourth-order valence-corrected chi connectivity index (χ4v) is 4.00. The van der Waals surface area contributed by atoms with E-state index in [4.69, 9.17) is 13.9 Å². The van der Waals surface area contributed by atoms with Crippen molar-refractivity contribution in [3.8, 4) is 5.88 Å². The molecule has 2 N–H and O–H groups in total. The Bertz CT molecular complexity index is 1180. The number of aromatic nitrogens is 3. The molecule has 10 nitrogen and oxygen atoms in total. The molecule has 0 saturated heterocycles. The van der Waals surface area contributed by atoms with Gasteiger partial charge >= 0.3 is 23.8 Å². The highest BCUT2D eigenvalue weighted by atomic mass is 16.5. The van der Waals surface area contributed by atoms with Crippen molar-refractivity contribution in [2.75, 3.05) is 17.7 Å². The number of carbonyl (C=O) groups is 2. The maximum absolute atomic E-state index is 12.5. The van der Waals surface area contributed by atoms with Crippen LogP contribution in [-0.4, -0.2) is 40.3 Å². The third-order valence-electron chi connectivity index (χ3n) is 6.11. The number of carbonyl (C=O) groups excluding carboxylic acids is 2. The second-order valence-electron chi connectivity index (χ2n) is 9.82. The molecule has 0 bridgehead atoms. The number of anilines is 3. The predicted octanol–water partition coefficient (Wildman–Crippen LogP) is 4.87. The van der Waals surface area contributed by atoms with Gasteiger partial charge < -0.3 is 24.5 Å². The highest BCUT2D eigenvalue weighted by Gasteiger charge is 2.28. The molecule has 2 heterocycles. The van der Waals surface area contributed by atoms with Crippen LogP contribution >= 0.6 is 0 Å². The number of nitrogens with one attached hydrogen (secondary N) is 2. The SMILES string of the molecule is COC(=O)C1CCC(Oc2ccc(NC(=O)c3nnc(Nc4ccc(C(C)(C)C)cc4)o3)cn2)CC1. The topological polar surface area (TPSA) is 128 Å². The Labute approximate surface area is 209 Å². The normalized spacial score (nSPS) is 17.8. The van der Waals surface area contributed by atoms with E-state index in [1.807, 2.05) is 24.3 Å². The van der Waals surface area contributed by atoms with Gasteiger partial charge in [0.15, 0.2) is 0 Å². The zero-order valence-electron chi connectivity index (χ0n) is 20.9. The number of esters is 1. The number of amides is 1. The first kappa shape index (κ1) is 25.2. The third kappa shape index (κ3) is 6.38. The molecular formula is C26H31N5O5. The molecule has 1 aromatic carbocycles. The van der Waals surface area contributed by atoms with Crippen LogP contribution < -0.4 is 15.4 Å². The standard InChI is InChI=1S/C26H31N5O5/c1-26(2,3)17-7-9-18(10-8-17)29-25-31-30-23(36-25)22(32)28-19-11-14-21(27-15-19)35-20-12-5-16(6-13-20)24(33)34-4/h7-11,14-16,20H,5-6,12-13H2,1-4H3,(H,28,32)(H,29,31). The van der Waals surface area contributed by atoms with Gasteiger partial charge in [-0.25, -0.2) is 4.98 Å². The van der Waals surface area contributed by atoms with Gasteiger partial charge in [-0.1, -0.05) is 38.0 Å². The Morgan fingerprint density at radius 2 is 1.67 bits per heavy atom. The summed E-state index contributed by atoms with van der Waals surface area (Å²) in [5.74, 6) is -0.488. The predicted molar refractivity (Wildman–Crippen MR) is 133 cm³/mol. The molecule has 0 spiro atoms. The van der Waals surface area contributed by atoms with Gasteiger partial charge in [-0.2, -0.15) is 0 Å². The van der Waals surface area contributed by atoms with E-state index < -0.39 is 5.91 Å². The van der Waals surface area contributed by atoms with Crippen molar-refractivity contribution in [2.45, 2.75) is 58.0 Å². The van der Waals surface area contributed by atoms with E-state index in [9.17, 15) is 9.59 Å². The zero-order chi connectivity index (χ0) is 25.7. The Morgan fingerprint density at radius 3 is 2.28 bits per heavy atom. The van der Waals surface area contributed by atoms with Crippen molar-refractivity contribution in [3.05, 3.63) is 54.0 Å². The van der Waals surface area contributed by atoms with E-state index >= 15 is 0 Å². The molecule has 190 valence electrons. The zero-order valence-corrected chi connectivity index (χ0v) is 20.9. The summed E-state index contributed by atoms with van der Waals surface area (Å²) >= 11 is 0.